The summed E-state index contributed by atoms with van der Waals surface area (Å²) in [5, 5.41) is 3.01. The van der Waals surface area contributed by atoms with Crippen molar-refractivity contribution in [1.29, 1.82) is 0 Å². The Kier molecular flexibility index (Phi) is 3.11. The van der Waals surface area contributed by atoms with Gasteiger partial charge in [-0.2, -0.15) is 0 Å². The number of amides is 1. The van der Waals surface area contributed by atoms with Crippen LogP contribution in [0, 0.1) is 0 Å². The van der Waals surface area contributed by atoms with Crippen molar-refractivity contribution in [3.8, 4) is 0 Å². The highest BCUT2D eigenvalue weighted by Gasteiger charge is 2.30. The Morgan fingerprint density at radius 2 is 2.11 bits per heavy atom. The zero-order chi connectivity index (χ0) is 13.3. The number of carbonyl (C=O) groups excluding carboxylic acids is 1. The summed E-state index contributed by atoms with van der Waals surface area (Å²) < 4.78 is 5.34. The van der Waals surface area contributed by atoms with Gasteiger partial charge in [0.1, 0.15) is 17.7 Å². The van der Waals surface area contributed by atoms with E-state index in [-0.39, 0.29) is 6.09 Å². The van der Waals surface area contributed by atoms with Gasteiger partial charge >= 0.3 is 6.09 Å². The summed E-state index contributed by atoms with van der Waals surface area (Å²) in [4.78, 5) is 21.9. The smallest absolute Gasteiger partial charge is 0.410 e. The number of nitrogens with one attached hydrogen (secondary N) is 1. The number of ether oxygens (including phenoxy) is 1. The summed E-state index contributed by atoms with van der Waals surface area (Å²) >= 11 is 0. The molecule has 0 atom stereocenters. The maximum Gasteiger partial charge on any atom is 0.410 e. The molecule has 1 aliphatic heterocycles. The van der Waals surface area contributed by atoms with Gasteiger partial charge in [0, 0.05) is 12.6 Å². The van der Waals surface area contributed by atoms with Gasteiger partial charge in [-0.3, -0.25) is 4.90 Å². The van der Waals surface area contributed by atoms with Crippen molar-refractivity contribution in [2.24, 2.45) is 0 Å². The molecule has 18 heavy (non-hydrogen) atoms. The monoisotopic (exact) mass is 250 g/mol. The van der Waals surface area contributed by atoms with E-state index in [2.05, 4.69) is 15.3 Å². The third kappa shape index (κ3) is 2.52. The summed E-state index contributed by atoms with van der Waals surface area (Å²) in [6.07, 6.45) is 1.19. The molecule has 2 rings (SSSR count). The second kappa shape index (κ2) is 4.44. The fourth-order valence-corrected chi connectivity index (χ4v) is 1.85. The Bertz CT molecular complexity index is 468. The molecule has 2 heterocycles. The number of anilines is 1. The quantitative estimate of drug-likeness (QED) is 0.822. The largest absolute Gasteiger partial charge is 0.444 e. The van der Waals surface area contributed by atoms with Crippen molar-refractivity contribution < 1.29 is 9.53 Å². The molecule has 0 saturated heterocycles. The zero-order valence-corrected chi connectivity index (χ0v) is 11.1. The predicted octanol–water partition coefficient (Wildman–Crippen LogP) is 1.77. The van der Waals surface area contributed by atoms with Gasteiger partial charge < -0.3 is 10.1 Å². The molecule has 0 unspecified atom stereocenters. The number of nitrogens with zero attached hydrogens (tertiary/aromatic N) is 3. The second-order valence-electron chi connectivity index (χ2n) is 5.23. The third-order valence-corrected chi connectivity index (χ3v) is 2.61. The van der Waals surface area contributed by atoms with Crippen LogP contribution in [0.2, 0.25) is 0 Å². The number of rotatable bonds is 1. The third-order valence-electron chi connectivity index (χ3n) is 2.61. The zero-order valence-electron chi connectivity index (χ0n) is 11.1. The molecule has 1 aliphatic rings. The Morgan fingerprint density at radius 1 is 1.39 bits per heavy atom. The van der Waals surface area contributed by atoms with Gasteiger partial charge in [-0.05, 0) is 20.8 Å². The SMILES string of the molecule is CNc1ncnc2c1CN(C(=O)OC(C)(C)C)C2. The average Bonchev–Trinajstić information content (AvgIpc) is 2.70. The van der Waals surface area contributed by atoms with Crippen molar-refractivity contribution in [3.63, 3.8) is 0 Å². The lowest BCUT2D eigenvalue weighted by Gasteiger charge is -2.23. The lowest BCUT2D eigenvalue weighted by atomic mass is 10.2. The molecule has 0 bridgehead atoms. The fourth-order valence-electron chi connectivity index (χ4n) is 1.85. The minimum absolute atomic E-state index is 0.317. The molecule has 0 aromatic carbocycles. The molecule has 6 heteroatoms. The normalized spacial score (nSPS) is 14.3. The summed E-state index contributed by atoms with van der Waals surface area (Å²) in [6, 6.07) is 0. The van der Waals surface area contributed by atoms with E-state index in [0.717, 1.165) is 17.1 Å². The minimum Gasteiger partial charge on any atom is -0.444 e. The highest BCUT2D eigenvalue weighted by Crippen LogP contribution is 2.26. The van der Waals surface area contributed by atoms with E-state index in [4.69, 9.17) is 4.74 Å². The Balaban J connectivity index is 2.13. The highest BCUT2D eigenvalue weighted by molar-refractivity contribution is 5.70. The van der Waals surface area contributed by atoms with Gasteiger partial charge in [-0.15, -0.1) is 0 Å². The minimum atomic E-state index is -0.483. The van der Waals surface area contributed by atoms with E-state index in [1.165, 1.54) is 6.33 Å². The van der Waals surface area contributed by atoms with Crippen LogP contribution in [0.5, 0.6) is 0 Å². The lowest BCUT2D eigenvalue weighted by Crippen LogP contribution is -2.33. The standard InChI is InChI=1S/C12H18N4O2/c1-12(2,3)18-11(17)16-5-8-9(6-16)14-7-15-10(8)13-4/h7H,5-6H2,1-4H3,(H,13,14,15). The van der Waals surface area contributed by atoms with Crippen LogP contribution in [0.4, 0.5) is 10.6 Å². The number of aromatic nitrogens is 2. The van der Waals surface area contributed by atoms with Gasteiger partial charge in [0.05, 0.1) is 18.8 Å². The van der Waals surface area contributed by atoms with Gasteiger partial charge in [0.15, 0.2) is 0 Å². The predicted molar refractivity (Wildman–Crippen MR) is 67.1 cm³/mol. The second-order valence-corrected chi connectivity index (χ2v) is 5.23. The molecule has 1 N–H and O–H groups in total. The molecule has 0 saturated carbocycles. The van der Waals surface area contributed by atoms with Crippen LogP contribution in [0.15, 0.2) is 6.33 Å². The molecule has 0 fully saturated rings. The summed E-state index contributed by atoms with van der Waals surface area (Å²) in [5.74, 6) is 0.769. The fraction of sp³-hybridized carbons (Fsp3) is 0.583. The summed E-state index contributed by atoms with van der Waals surface area (Å²) in [6.45, 7) is 6.52. The van der Waals surface area contributed by atoms with E-state index in [1.807, 2.05) is 20.8 Å². The molecule has 1 aromatic rings. The topological polar surface area (TPSA) is 67.4 Å². The number of hydrogen-bond donors (Lipinski definition) is 1. The molecule has 0 aliphatic carbocycles. The van der Waals surface area contributed by atoms with E-state index >= 15 is 0 Å². The van der Waals surface area contributed by atoms with Gasteiger partial charge in [0.2, 0.25) is 0 Å². The van der Waals surface area contributed by atoms with Crippen LogP contribution in [0.3, 0.4) is 0 Å². The van der Waals surface area contributed by atoms with E-state index in [1.54, 1.807) is 11.9 Å². The molecule has 0 spiro atoms. The Morgan fingerprint density at radius 3 is 2.72 bits per heavy atom. The maximum atomic E-state index is 12.0. The Hall–Kier alpha value is -1.85. The number of hydrogen-bond acceptors (Lipinski definition) is 5. The summed E-state index contributed by atoms with van der Waals surface area (Å²) in [5.41, 5.74) is 1.36. The van der Waals surface area contributed by atoms with Crippen molar-refractivity contribution in [2.45, 2.75) is 39.5 Å². The first kappa shape index (κ1) is 12.6. The van der Waals surface area contributed by atoms with E-state index in [9.17, 15) is 4.79 Å². The van der Waals surface area contributed by atoms with Gasteiger partial charge in [-0.1, -0.05) is 0 Å². The first-order valence-electron chi connectivity index (χ1n) is 5.89. The van der Waals surface area contributed by atoms with Gasteiger partial charge in [-0.25, -0.2) is 14.8 Å². The first-order chi connectivity index (χ1) is 8.40. The molecular formula is C12H18N4O2. The van der Waals surface area contributed by atoms with Crippen LogP contribution >= 0.6 is 0 Å². The first-order valence-corrected chi connectivity index (χ1v) is 5.89. The molecular weight excluding hydrogens is 232 g/mol. The molecule has 98 valence electrons. The van der Waals surface area contributed by atoms with Crippen LogP contribution in [-0.2, 0) is 17.8 Å². The molecule has 6 nitrogen and oxygen atoms in total. The van der Waals surface area contributed by atoms with Crippen LogP contribution < -0.4 is 5.32 Å². The molecule has 0 radical (unpaired) electrons. The van der Waals surface area contributed by atoms with E-state index < -0.39 is 5.60 Å². The van der Waals surface area contributed by atoms with Crippen molar-refractivity contribution >= 4 is 11.9 Å². The van der Waals surface area contributed by atoms with Gasteiger partial charge in [0.25, 0.3) is 0 Å². The highest BCUT2D eigenvalue weighted by atomic mass is 16.6. The van der Waals surface area contributed by atoms with Crippen LogP contribution in [0.25, 0.3) is 0 Å². The Labute approximate surface area is 106 Å². The number of fused-ring (bicyclic) bond motifs is 1. The van der Waals surface area contributed by atoms with Crippen LogP contribution in [-0.4, -0.2) is 33.6 Å². The van der Waals surface area contributed by atoms with Crippen LogP contribution in [0.1, 0.15) is 32.0 Å². The van der Waals surface area contributed by atoms with Crippen molar-refractivity contribution in [2.75, 3.05) is 12.4 Å². The van der Waals surface area contributed by atoms with E-state index in [0.29, 0.717) is 13.1 Å². The lowest BCUT2D eigenvalue weighted by molar-refractivity contribution is 0.0241. The van der Waals surface area contributed by atoms with Crippen molar-refractivity contribution in [3.05, 3.63) is 17.6 Å². The molecule has 1 amide bonds. The van der Waals surface area contributed by atoms with Crippen molar-refractivity contribution in [1.82, 2.24) is 14.9 Å². The molecule has 1 aromatic heterocycles. The number of carbonyl (C=O) groups is 1. The average molecular weight is 250 g/mol. The summed E-state index contributed by atoms with van der Waals surface area (Å²) in [7, 11) is 1.80. The maximum absolute atomic E-state index is 12.0.